The van der Waals surface area contributed by atoms with E-state index in [4.69, 9.17) is 15.2 Å². The fourth-order valence-electron chi connectivity index (χ4n) is 1.01. The molecule has 5 nitrogen and oxygen atoms in total. The summed E-state index contributed by atoms with van der Waals surface area (Å²) in [5, 5.41) is 2.75. The number of methoxy groups -OCH3 is 1. The number of carbonyl (C=O) groups is 1. The SMILES string of the molecule is C=COCCCNC(=O)CC(CN)OC. The van der Waals surface area contributed by atoms with Gasteiger partial charge in [0, 0.05) is 20.2 Å². The van der Waals surface area contributed by atoms with Crippen molar-refractivity contribution in [2.75, 3.05) is 26.8 Å². The predicted molar refractivity (Wildman–Crippen MR) is 58.2 cm³/mol. The topological polar surface area (TPSA) is 73.6 Å². The van der Waals surface area contributed by atoms with Crippen molar-refractivity contribution in [3.05, 3.63) is 12.8 Å². The van der Waals surface area contributed by atoms with E-state index in [1.807, 2.05) is 0 Å². The minimum absolute atomic E-state index is 0.0501. The van der Waals surface area contributed by atoms with Crippen LogP contribution in [0, 0.1) is 0 Å². The lowest BCUT2D eigenvalue weighted by atomic mass is 10.2. The first-order valence-corrected chi connectivity index (χ1v) is 4.96. The summed E-state index contributed by atoms with van der Waals surface area (Å²) in [6.45, 7) is 4.92. The molecule has 0 aliphatic rings. The fraction of sp³-hybridized carbons (Fsp3) is 0.700. The molecule has 15 heavy (non-hydrogen) atoms. The van der Waals surface area contributed by atoms with E-state index in [9.17, 15) is 4.79 Å². The molecule has 0 aromatic carbocycles. The Morgan fingerprint density at radius 1 is 1.67 bits per heavy atom. The zero-order valence-corrected chi connectivity index (χ0v) is 9.20. The monoisotopic (exact) mass is 216 g/mol. The van der Waals surface area contributed by atoms with Crippen LogP contribution in [0.15, 0.2) is 12.8 Å². The zero-order chi connectivity index (χ0) is 11.5. The van der Waals surface area contributed by atoms with Crippen LogP contribution in [-0.2, 0) is 14.3 Å². The smallest absolute Gasteiger partial charge is 0.222 e. The molecule has 0 heterocycles. The lowest BCUT2D eigenvalue weighted by Gasteiger charge is -2.12. The van der Waals surface area contributed by atoms with Crippen molar-refractivity contribution < 1.29 is 14.3 Å². The van der Waals surface area contributed by atoms with Gasteiger partial charge >= 0.3 is 0 Å². The third-order valence-corrected chi connectivity index (χ3v) is 1.89. The van der Waals surface area contributed by atoms with Gasteiger partial charge in [0.2, 0.25) is 5.91 Å². The Balaban J connectivity index is 3.43. The second-order valence-corrected chi connectivity index (χ2v) is 3.04. The van der Waals surface area contributed by atoms with Crippen molar-refractivity contribution in [2.45, 2.75) is 18.9 Å². The molecule has 0 bridgehead atoms. The molecule has 0 aliphatic carbocycles. The van der Waals surface area contributed by atoms with E-state index in [0.29, 0.717) is 26.1 Å². The van der Waals surface area contributed by atoms with Crippen LogP contribution in [0.4, 0.5) is 0 Å². The van der Waals surface area contributed by atoms with Crippen molar-refractivity contribution in [1.82, 2.24) is 5.32 Å². The number of amides is 1. The molecule has 0 fully saturated rings. The predicted octanol–water partition coefficient (Wildman–Crippen LogP) is 0.0166. The Labute approximate surface area is 90.6 Å². The van der Waals surface area contributed by atoms with E-state index >= 15 is 0 Å². The van der Waals surface area contributed by atoms with E-state index in [1.54, 1.807) is 7.11 Å². The highest BCUT2D eigenvalue weighted by Gasteiger charge is 2.10. The van der Waals surface area contributed by atoms with Crippen LogP contribution < -0.4 is 11.1 Å². The van der Waals surface area contributed by atoms with E-state index in [0.717, 1.165) is 6.42 Å². The highest BCUT2D eigenvalue weighted by molar-refractivity contribution is 5.76. The van der Waals surface area contributed by atoms with Gasteiger partial charge in [-0.1, -0.05) is 6.58 Å². The van der Waals surface area contributed by atoms with Crippen LogP contribution in [0.3, 0.4) is 0 Å². The van der Waals surface area contributed by atoms with Gasteiger partial charge in [0.05, 0.1) is 25.4 Å². The zero-order valence-electron chi connectivity index (χ0n) is 9.20. The van der Waals surface area contributed by atoms with Crippen molar-refractivity contribution in [1.29, 1.82) is 0 Å². The summed E-state index contributed by atoms with van der Waals surface area (Å²) in [7, 11) is 1.54. The van der Waals surface area contributed by atoms with Gasteiger partial charge in [-0.15, -0.1) is 0 Å². The number of ether oxygens (including phenoxy) is 2. The molecular weight excluding hydrogens is 196 g/mol. The summed E-state index contributed by atoms with van der Waals surface area (Å²) < 4.78 is 9.90. The average molecular weight is 216 g/mol. The summed E-state index contributed by atoms with van der Waals surface area (Å²) in [4.78, 5) is 11.3. The Kier molecular flexibility index (Phi) is 8.81. The van der Waals surface area contributed by atoms with Crippen LogP contribution in [0.1, 0.15) is 12.8 Å². The molecule has 0 aliphatic heterocycles. The first-order valence-electron chi connectivity index (χ1n) is 4.96. The highest BCUT2D eigenvalue weighted by atomic mass is 16.5. The maximum absolute atomic E-state index is 11.3. The highest BCUT2D eigenvalue weighted by Crippen LogP contribution is 1.94. The number of nitrogens with two attached hydrogens (primary N) is 1. The molecule has 3 N–H and O–H groups in total. The standard InChI is InChI=1S/C10H20N2O3/c1-3-15-6-4-5-12-10(13)7-9(8-11)14-2/h3,9H,1,4-8,11H2,2H3,(H,12,13). The molecule has 0 radical (unpaired) electrons. The summed E-state index contributed by atoms with van der Waals surface area (Å²) in [5.41, 5.74) is 5.39. The van der Waals surface area contributed by atoms with Gasteiger partial charge in [0.25, 0.3) is 0 Å². The molecule has 0 spiro atoms. The van der Waals surface area contributed by atoms with Crippen molar-refractivity contribution in [3.8, 4) is 0 Å². The number of hydrogen-bond acceptors (Lipinski definition) is 4. The minimum atomic E-state index is -0.200. The summed E-state index contributed by atoms with van der Waals surface area (Å²) >= 11 is 0. The molecule has 0 aromatic heterocycles. The van der Waals surface area contributed by atoms with Gasteiger partial charge in [-0.25, -0.2) is 0 Å². The average Bonchev–Trinajstić information content (AvgIpc) is 2.25. The third kappa shape index (κ3) is 7.96. The molecule has 0 saturated heterocycles. The van der Waals surface area contributed by atoms with Gasteiger partial charge in [-0.2, -0.15) is 0 Å². The molecule has 1 unspecified atom stereocenters. The largest absolute Gasteiger partial charge is 0.502 e. The second kappa shape index (κ2) is 9.48. The van der Waals surface area contributed by atoms with Gasteiger partial charge in [-0.3, -0.25) is 4.79 Å². The van der Waals surface area contributed by atoms with E-state index in [-0.39, 0.29) is 12.0 Å². The number of rotatable bonds is 9. The number of hydrogen-bond donors (Lipinski definition) is 2. The first kappa shape index (κ1) is 13.9. The normalized spacial score (nSPS) is 11.9. The Morgan fingerprint density at radius 2 is 2.40 bits per heavy atom. The van der Waals surface area contributed by atoms with Crippen LogP contribution in [-0.4, -0.2) is 38.8 Å². The van der Waals surface area contributed by atoms with Gasteiger partial charge in [0.15, 0.2) is 0 Å². The Bertz CT molecular complexity index is 182. The summed E-state index contributed by atoms with van der Waals surface area (Å²) in [6.07, 6.45) is 2.25. The summed E-state index contributed by atoms with van der Waals surface area (Å²) in [5.74, 6) is -0.0501. The molecule has 0 rings (SSSR count). The quantitative estimate of drug-likeness (QED) is 0.421. The van der Waals surface area contributed by atoms with Crippen LogP contribution >= 0.6 is 0 Å². The fourth-order valence-corrected chi connectivity index (χ4v) is 1.01. The lowest BCUT2D eigenvalue weighted by Crippen LogP contribution is -2.32. The molecule has 1 atom stereocenters. The molecule has 0 aromatic rings. The van der Waals surface area contributed by atoms with Crippen LogP contribution in [0.2, 0.25) is 0 Å². The molecular formula is C10H20N2O3. The van der Waals surface area contributed by atoms with Crippen LogP contribution in [0.25, 0.3) is 0 Å². The maximum atomic E-state index is 11.3. The van der Waals surface area contributed by atoms with Gasteiger partial charge < -0.3 is 20.5 Å². The van der Waals surface area contributed by atoms with Crippen LogP contribution in [0.5, 0.6) is 0 Å². The molecule has 0 saturated carbocycles. The summed E-state index contributed by atoms with van der Waals surface area (Å²) in [6, 6.07) is 0. The van der Waals surface area contributed by atoms with E-state index in [1.165, 1.54) is 6.26 Å². The van der Waals surface area contributed by atoms with E-state index in [2.05, 4.69) is 11.9 Å². The maximum Gasteiger partial charge on any atom is 0.222 e. The number of carbonyl (C=O) groups excluding carboxylic acids is 1. The van der Waals surface area contributed by atoms with Crippen molar-refractivity contribution >= 4 is 5.91 Å². The van der Waals surface area contributed by atoms with Gasteiger partial charge in [-0.05, 0) is 6.42 Å². The molecule has 88 valence electrons. The Morgan fingerprint density at radius 3 is 2.93 bits per heavy atom. The molecule has 1 amide bonds. The van der Waals surface area contributed by atoms with Crippen molar-refractivity contribution in [3.63, 3.8) is 0 Å². The lowest BCUT2D eigenvalue weighted by molar-refractivity contribution is -0.123. The molecule has 5 heteroatoms. The minimum Gasteiger partial charge on any atom is -0.502 e. The first-order chi connectivity index (χ1) is 7.24. The van der Waals surface area contributed by atoms with Gasteiger partial charge in [0.1, 0.15) is 0 Å². The van der Waals surface area contributed by atoms with Crippen molar-refractivity contribution in [2.24, 2.45) is 5.73 Å². The number of nitrogens with one attached hydrogen (secondary N) is 1. The second-order valence-electron chi connectivity index (χ2n) is 3.04. The van der Waals surface area contributed by atoms with E-state index < -0.39 is 0 Å². The third-order valence-electron chi connectivity index (χ3n) is 1.89. The Hall–Kier alpha value is -1.07.